The van der Waals surface area contributed by atoms with Crippen LogP contribution < -0.4 is 5.32 Å². The second kappa shape index (κ2) is 5.95. The van der Waals surface area contributed by atoms with Gasteiger partial charge in [-0.15, -0.1) is 0 Å². The van der Waals surface area contributed by atoms with Crippen molar-refractivity contribution in [3.8, 4) is 0 Å². The fourth-order valence-corrected chi connectivity index (χ4v) is 1.26. The fourth-order valence-electron chi connectivity index (χ4n) is 1.26. The number of carbonyl (C=O) groups excluding carboxylic acids is 1. The average molecular weight is 241 g/mol. The van der Waals surface area contributed by atoms with Gasteiger partial charge in [0.15, 0.2) is 0 Å². The second-order valence-corrected chi connectivity index (χ2v) is 3.45. The maximum atomic E-state index is 12.8. The molecule has 1 aromatic rings. The van der Waals surface area contributed by atoms with Crippen LogP contribution in [0.2, 0.25) is 0 Å². The fraction of sp³-hybridized carbons (Fsp3) is 0.273. The highest BCUT2D eigenvalue weighted by atomic mass is 19.1. The zero-order valence-electron chi connectivity index (χ0n) is 8.89. The third-order valence-electron chi connectivity index (χ3n) is 2.07. The Balaban J connectivity index is 2.58. The smallest absolute Gasteiger partial charge is 0.328 e. The first-order valence-corrected chi connectivity index (χ1v) is 4.90. The third-order valence-corrected chi connectivity index (χ3v) is 2.07. The summed E-state index contributed by atoms with van der Waals surface area (Å²) in [6, 6.07) is 4.11. The molecule has 5 nitrogen and oxygen atoms in total. The van der Waals surface area contributed by atoms with Crippen molar-refractivity contribution in [3.05, 3.63) is 35.6 Å². The first kappa shape index (κ1) is 13.1. The van der Waals surface area contributed by atoms with E-state index >= 15 is 0 Å². The summed E-state index contributed by atoms with van der Waals surface area (Å²) in [5.74, 6) is -2.37. The lowest BCUT2D eigenvalue weighted by Gasteiger charge is -2.11. The van der Waals surface area contributed by atoms with E-state index in [0.717, 1.165) is 0 Å². The maximum absolute atomic E-state index is 12.8. The van der Waals surface area contributed by atoms with Gasteiger partial charge in [-0.1, -0.05) is 12.1 Å². The number of nitrogens with one attached hydrogen (secondary N) is 1. The number of benzene rings is 1. The van der Waals surface area contributed by atoms with E-state index in [0.29, 0.717) is 5.56 Å². The van der Waals surface area contributed by atoms with Crippen molar-refractivity contribution in [1.82, 2.24) is 5.32 Å². The number of carbonyl (C=O) groups is 2. The molecule has 0 radical (unpaired) electrons. The molecule has 0 saturated carbocycles. The van der Waals surface area contributed by atoms with E-state index in [1.807, 2.05) is 0 Å². The molecule has 0 unspecified atom stereocenters. The largest absolute Gasteiger partial charge is 0.480 e. The van der Waals surface area contributed by atoms with Crippen LogP contribution in [0.1, 0.15) is 5.56 Å². The highest BCUT2D eigenvalue weighted by Gasteiger charge is 2.18. The monoisotopic (exact) mass is 241 g/mol. The number of halogens is 1. The molecule has 1 rings (SSSR count). The number of hydrogen-bond acceptors (Lipinski definition) is 3. The van der Waals surface area contributed by atoms with E-state index in [1.54, 1.807) is 6.07 Å². The molecule has 0 aliphatic heterocycles. The number of amides is 1. The molecule has 1 atom stereocenters. The number of aliphatic hydroxyl groups excluding tert-OH is 1. The molecule has 92 valence electrons. The molecule has 0 heterocycles. The van der Waals surface area contributed by atoms with Crippen molar-refractivity contribution in [2.24, 2.45) is 0 Å². The van der Waals surface area contributed by atoms with Gasteiger partial charge in [0.25, 0.3) is 0 Å². The number of aliphatic carboxylic acids is 1. The molecule has 1 amide bonds. The van der Waals surface area contributed by atoms with Crippen LogP contribution in [0.25, 0.3) is 0 Å². The van der Waals surface area contributed by atoms with Gasteiger partial charge in [0, 0.05) is 0 Å². The van der Waals surface area contributed by atoms with Crippen LogP contribution in [-0.2, 0) is 16.0 Å². The quantitative estimate of drug-likeness (QED) is 0.673. The third kappa shape index (κ3) is 4.20. The van der Waals surface area contributed by atoms with Crippen molar-refractivity contribution in [2.45, 2.75) is 12.5 Å². The molecule has 0 fully saturated rings. The summed E-state index contributed by atoms with van der Waals surface area (Å²) in [6.07, 6.45) is -0.137. The van der Waals surface area contributed by atoms with Crippen molar-refractivity contribution in [1.29, 1.82) is 0 Å². The minimum absolute atomic E-state index is 0.137. The minimum Gasteiger partial charge on any atom is -0.480 e. The predicted molar refractivity (Wildman–Crippen MR) is 56.8 cm³/mol. The van der Waals surface area contributed by atoms with Gasteiger partial charge in [0.1, 0.15) is 11.9 Å². The first-order chi connectivity index (χ1) is 8.02. The van der Waals surface area contributed by atoms with E-state index < -0.39 is 30.3 Å². The molecule has 0 spiro atoms. The van der Waals surface area contributed by atoms with Crippen molar-refractivity contribution < 1.29 is 24.2 Å². The Morgan fingerprint density at radius 2 is 2.12 bits per heavy atom. The summed E-state index contributed by atoms with van der Waals surface area (Å²) in [5, 5.41) is 19.4. The lowest BCUT2D eigenvalue weighted by Crippen LogP contribution is -2.43. The summed E-state index contributed by atoms with van der Waals surface area (Å²) >= 11 is 0. The zero-order chi connectivity index (χ0) is 12.8. The Bertz CT molecular complexity index is 422. The molecule has 0 aliphatic carbocycles. The van der Waals surface area contributed by atoms with E-state index in [1.165, 1.54) is 18.2 Å². The molecule has 0 bridgehead atoms. The Morgan fingerprint density at radius 3 is 2.65 bits per heavy atom. The zero-order valence-corrected chi connectivity index (χ0v) is 8.89. The van der Waals surface area contributed by atoms with Gasteiger partial charge < -0.3 is 15.5 Å². The van der Waals surface area contributed by atoms with Crippen LogP contribution in [0.5, 0.6) is 0 Å². The van der Waals surface area contributed by atoms with E-state index in [9.17, 15) is 14.0 Å². The molecule has 0 saturated heterocycles. The normalized spacial score (nSPS) is 11.9. The standard InChI is InChI=1S/C11H12FNO4/c12-8-3-1-2-7(4-8)5-10(15)13-9(6-14)11(16)17/h1-4,9,14H,5-6H2,(H,13,15)(H,16,17)/t9-/m0/s1. The van der Waals surface area contributed by atoms with E-state index in [2.05, 4.69) is 5.32 Å². The van der Waals surface area contributed by atoms with Crippen LogP contribution in [0.15, 0.2) is 24.3 Å². The Kier molecular flexibility index (Phi) is 4.59. The minimum atomic E-state index is -1.34. The average Bonchev–Trinajstić information content (AvgIpc) is 2.25. The lowest BCUT2D eigenvalue weighted by molar-refractivity contribution is -0.142. The number of carboxylic acids is 1. The summed E-state index contributed by atoms with van der Waals surface area (Å²) < 4.78 is 12.8. The van der Waals surface area contributed by atoms with Gasteiger partial charge in [-0.25, -0.2) is 9.18 Å². The Morgan fingerprint density at radius 1 is 1.41 bits per heavy atom. The summed E-state index contributed by atoms with van der Waals surface area (Å²) in [7, 11) is 0. The highest BCUT2D eigenvalue weighted by molar-refractivity contribution is 5.84. The number of aliphatic hydroxyl groups is 1. The van der Waals surface area contributed by atoms with E-state index in [-0.39, 0.29) is 6.42 Å². The SMILES string of the molecule is O=C(Cc1cccc(F)c1)N[C@@H](CO)C(=O)O. The van der Waals surface area contributed by atoms with Crippen LogP contribution >= 0.6 is 0 Å². The number of rotatable bonds is 5. The van der Waals surface area contributed by atoms with Gasteiger partial charge in [0.2, 0.25) is 5.91 Å². The first-order valence-electron chi connectivity index (χ1n) is 4.90. The molecule has 0 aromatic heterocycles. The van der Waals surface area contributed by atoms with Gasteiger partial charge >= 0.3 is 5.97 Å². The van der Waals surface area contributed by atoms with Crippen LogP contribution in [0.3, 0.4) is 0 Å². The lowest BCUT2D eigenvalue weighted by atomic mass is 10.1. The van der Waals surface area contributed by atoms with Crippen LogP contribution in [-0.4, -0.2) is 34.7 Å². The summed E-state index contributed by atoms with van der Waals surface area (Å²) in [4.78, 5) is 21.9. The highest BCUT2D eigenvalue weighted by Crippen LogP contribution is 2.04. The maximum Gasteiger partial charge on any atom is 0.328 e. The topological polar surface area (TPSA) is 86.6 Å². The Labute approximate surface area is 96.9 Å². The molecule has 17 heavy (non-hydrogen) atoms. The van der Waals surface area contributed by atoms with Gasteiger partial charge in [-0.2, -0.15) is 0 Å². The van der Waals surface area contributed by atoms with Crippen molar-refractivity contribution in [2.75, 3.05) is 6.61 Å². The number of carboxylic acid groups (broad SMARTS) is 1. The van der Waals surface area contributed by atoms with Crippen LogP contribution in [0, 0.1) is 5.82 Å². The van der Waals surface area contributed by atoms with Gasteiger partial charge in [0.05, 0.1) is 13.0 Å². The van der Waals surface area contributed by atoms with E-state index in [4.69, 9.17) is 10.2 Å². The Hall–Kier alpha value is -1.95. The predicted octanol–water partition coefficient (Wildman–Crippen LogP) is -0.0701. The molecular weight excluding hydrogens is 229 g/mol. The van der Waals surface area contributed by atoms with Crippen molar-refractivity contribution >= 4 is 11.9 Å². The second-order valence-electron chi connectivity index (χ2n) is 3.45. The summed E-state index contributed by atoms with van der Waals surface area (Å²) in [5.41, 5.74) is 0.435. The molecular formula is C11H12FNO4. The summed E-state index contributed by atoms with van der Waals surface area (Å²) in [6.45, 7) is -0.690. The molecule has 1 aromatic carbocycles. The molecule has 0 aliphatic rings. The van der Waals surface area contributed by atoms with Gasteiger partial charge in [-0.05, 0) is 17.7 Å². The molecule has 6 heteroatoms. The van der Waals surface area contributed by atoms with Crippen LogP contribution in [0.4, 0.5) is 4.39 Å². The molecule has 3 N–H and O–H groups in total. The van der Waals surface area contributed by atoms with Crippen molar-refractivity contribution in [3.63, 3.8) is 0 Å². The van der Waals surface area contributed by atoms with Gasteiger partial charge in [-0.3, -0.25) is 4.79 Å². The number of hydrogen-bond donors (Lipinski definition) is 3.